The van der Waals surface area contributed by atoms with E-state index in [2.05, 4.69) is 5.32 Å². The van der Waals surface area contributed by atoms with Crippen molar-refractivity contribution in [1.82, 2.24) is 0 Å². The molecule has 0 aliphatic carbocycles. The molecule has 1 rings (SSSR count). The van der Waals surface area contributed by atoms with E-state index in [-0.39, 0.29) is 17.9 Å². The van der Waals surface area contributed by atoms with Crippen LogP contribution in [0.15, 0.2) is 24.3 Å². The molecule has 1 aromatic carbocycles. The molecule has 0 saturated heterocycles. The van der Waals surface area contributed by atoms with Crippen molar-refractivity contribution in [3.63, 3.8) is 0 Å². The Morgan fingerprint density at radius 1 is 1.24 bits per heavy atom. The molecule has 1 atom stereocenters. The molecule has 1 aromatic rings. The first-order chi connectivity index (χ1) is 9.59. The zero-order valence-corrected chi connectivity index (χ0v) is 11.5. The molecule has 1 amide bonds. The molecule has 116 valence electrons. The first-order valence-electron chi connectivity index (χ1n) is 6.04. The van der Waals surface area contributed by atoms with Gasteiger partial charge in [-0.3, -0.25) is 4.79 Å². The maximum Gasteiger partial charge on any atom is 0.415 e. The Balaban J connectivity index is 2.81. The van der Waals surface area contributed by atoms with Crippen LogP contribution in [-0.4, -0.2) is 30.2 Å². The summed E-state index contributed by atoms with van der Waals surface area (Å²) in [5.41, 5.74) is 2.30. The molecule has 0 bridgehead atoms. The molecule has 5 nitrogen and oxygen atoms in total. The maximum atomic E-state index is 12.6. The predicted molar refractivity (Wildman–Crippen MR) is 69.7 cm³/mol. The minimum Gasteiger partial charge on any atom is -0.462 e. The highest BCUT2D eigenvalue weighted by Gasteiger charge is 2.53. The molecular weight excluding hydrogens is 289 g/mol. The number of amides is 1. The summed E-state index contributed by atoms with van der Waals surface area (Å²) in [6, 6.07) is 5.23. The van der Waals surface area contributed by atoms with Crippen LogP contribution in [0.25, 0.3) is 0 Å². The second-order valence-electron chi connectivity index (χ2n) is 4.45. The van der Waals surface area contributed by atoms with E-state index in [4.69, 9.17) is 10.5 Å². The summed E-state index contributed by atoms with van der Waals surface area (Å²) in [5, 5.41) is 2.05. The monoisotopic (exact) mass is 304 g/mol. The first kappa shape index (κ1) is 17.0. The Bertz CT molecular complexity index is 524. The number of carbonyl (C=O) groups excluding carboxylic acids is 2. The van der Waals surface area contributed by atoms with Crippen LogP contribution in [0.2, 0.25) is 0 Å². The second-order valence-corrected chi connectivity index (χ2v) is 4.45. The summed E-state index contributed by atoms with van der Waals surface area (Å²) in [5.74, 6) is -1.95. The average Bonchev–Trinajstić information content (AvgIpc) is 2.38. The fourth-order valence-corrected chi connectivity index (χ4v) is 1.29. The van der Waals surface area contributed by atoms with Gasteiger partial charge >= 0.3 is 12.1 Å². The van der Waals surface area contributed by atoms with Crippen molar-refractivity contribution in [2.45, 2.75) is 25.6 Å². The normalized spacial score (nSPS) is 14.2. The minimum atomic E-state index is -4.87. The number of halogens is 3. The van der Waals surface area contributed by atoms with E-state index in [1.165, 1.54) is 24.3 Å². The Labute approximate surface area is 119 Å². The van der Waals surface area contributed by atoms with Crippen LogP contribution in [-0.2, 0) is 9.53 Å². The molecule has 0 heterocycles. The summed E-state index contributed by atoms with van der Waals surface area (Å²) in [7, 11) is 0. The van der Waals surface area contributed by atoms with E-state index in [1.807, 2.05) is 0 Å². The number of ether oxygens (including phenoxy) is 1. The van der Waals surface area contributed by atoms with E-state index >= 15 is 0 Å². The molecule has 21 heavy (non-hydrogen) atoms. The summed E-state index contributed by atoms with van der Waals surface area (Å²) in [6.45, 7) is 2.43. The Morgan fingerprint density at radius 3 is 2.19 bits per heavy atom. The highest BCUT2D eigenvalue weighted by atomic mass is 19.4. The number of nitrogens with two attached hydrogens (primary N) is 1. The highest BCUT2D eigenvalue weighted by Crippen LogP contribution is 2.29. The van der Waals surface area contributed by atoms with Gasteiger partial charge in [0.2, 0.25) is 0 Å². The van der Waals surface area contributed by atoms with Gasteiger partial charge < -0.3 is 15.8 Å². The maximum absolute atomic E-state index is 12.6. The number of benzene rings is 1. The fraction of sp³-hybridized carbons (Fsp3) is 0.385. The topological polar surface area (TPSA) is 81.4 Å². The number of anilines is 1. The average molecular weight is 304 g/mol. The molecule has 0 saturated carbocycles. The largest absolute Gasteiger partial charge is 0.462 e. The quantitative estimate of drug-likeness (QED) is 0.835. The van der Waals surface area contributed by atoms with Crippen LogP contribution >= 0.6 is 0 Å². The molecule has 0 spiro atoms. The van der Waals surface area contributed by atoms with Crippen molar-refractivity contribution < 1.29 is 27.5 Å². The van der Waals surface area contributed by atoms with Gasteiger partial charge in [0, 0.05) is 5.69 Å². The molecule has 0 fully saturated rings. The summed E-state index contributed by atoms with van der Waals surface area (Å²) >= 11 is 0. The Morgan fingerprint density at radius 2 is 1.76 bits per heavy atom. The van der Waals surface area contributed by atoms with Gasteiger partial charge in [-0.1, -0.05) is 0 Å². The number of alkyl halides is 3. The van der Waals surface area contributed by atoms with Gasteiger partial charge in [0.1, 0.15) is 0 Å². The van der Waals surface area contributed by atoms with Crippen LogP contribution in [0.5, 0.6) is 0 Å². The standard InChI is InChI=1S/C13H15F3N2O3/c1-3-21-10(19)8-4-6-9(7-5-8)18-11(20)12(2,17)13(14,15)16/h4-7H,3,17H2,1-2H3,(H,18,20). The van der Waals surface area contributed by atoms with Gasteiger partial charge in [0.25, 0.3) is 5.91 Å². The lowest BCUT2D eigenvalue weighted by Crippen LogP contribution is -2.59. The first-order valence-corrected chi connectivity index (χ1v) is 6.04. The van der Waals surface area contributed by atoms with Crippen molar-refractivity contribution >= 4 is 17.6 Å². The van der Waals surface area contributed by atoms with Crippen molar-refractivity contribution in [1.29, 1.82) is 0 Å². The summed E-state index contributed by atoms with van der Waals surface area (Å²) in [4.78, 5) is 22.9. The second kappa shape index (κ2) is 6.13. The molecule has 8 heteroatoms. The lowest BCUT2D eigenvalue weighted by molar-refractivity contribution is -0.184. The zero-order valence-electron chi connectivity index (χ0n) is 11.5. The SMILES string of the molecule is CCOC(=O)c1ccc(NC(=O)C(C)(N)C(F)(F)F)cc1. The molecule has 3 N–H and O–H groups in total. The lowest BCUT2D eigenvalue weighted by atomic mass is 10.0. The van der Waals surface area contributed by atoms with E-state index in [1.54, 1.807) is 6.92 Å². The number of hydrogen-bond acceptors (Lipinski definition) is 4. The lowest BCUT2D eigenvalue weighted by Gasteiger charge is -2.26. The minimum absolute atomic E-state index is 0.0916. The number of hydrogen-bond donors (Lipinski definition) is 2. The van der Waals surface area contributed by atoms with Crippen LogP contribution in [0.3, 0.4) is 0 Å². The third-order valence-electron chi connectivity index (χ3n) is 2.71. The van der Waals surface area contributed by atoms with Gasteiger partial charge in [-0.05, 0) is 38.1 Å². The fourth-order valence-electron chi connectivity index (χ4n) is 1.29. The summed E-state index contributed by atoms with van der Waals surface area (Å²) in [6.07, 6.45) is -4.87. The van der Waals surface area contributed by atoms with Gasteiger partial charge in [0.15, 0.2) is 5.54 Å². The van der Waals surface area contributed by atoms with Gasteiger partial charge in [-0.2, -0.15) is 13.2 Å². The molecular formula is C13H15F3N2O3. The zero-order chi connectivity index (χ0) is 16.3. The van der Waals surface area contributed by atoms with Gasteiger partial charge in [-0.15, -0.1) is 0 Å². The van der Waals surface area contributed by atoms with Crippen molar-refractivity contribution in [3.05, 3.63) is 29.8 Å². The van der Waals surface area contributed by atoms with E-state index in [9.17, 15) is 22.8 Å². The molecule has 0 aromatic heterocycles. The van der Waals surface area contributed by atoms with Crippen LogP contribution in [0, 0.1) is 0 Å². The van der Waals surface area contributed by atoms with Crippen LogP contribution in [0.4, 0.5) is 18.9 Å². The number of rotatable bonds is 4. The smallest absolute Gasteiger partial charge is 0.415 e. The van der Waals surface area contributed by atoms with Crippen molar-refractivity contribution in [2.75, 3.05) is 11.9 Å². The van der Waals surface area contributed by atoms with Gasteiger partial charge in [0.05, 0.1) is 12.2 Å². The van der Waals surface area contributed by atoms with E-state index < -0.39 is 23.6 Å². The van der Waals surface area contributed by atoms with Crippen molar-refractivity contribution in [2.24, 2.45) is 5.73 Å². The number of esters is 1. The summed E-state index contributed by atoms with van der Waals surface area (Å²) < 4.78 is 42.5. The van der Waals surface area contributed by atoms with Crippen LogP contribution < -0.4 is 11.1 Å². The molecule has 0 aliphatic heterocycles. The molecule has 0 aliphatic rings. The predicted octanol–water partition coefficient (Wildman–Crippen LogP) is 2.08. The third-order valence-corrected chi connectivity index (χ3v) is 2.71. The molecule has 0 radical (unpaired) electrons. The van der Waals surface area contributed by atoms with E-state index in [0.717, 1.165) is 0 Å². The number of carbonyl (C=O) groups is 2. The molecule has 1 unspecified atom stereocenters. The number of nitrogens with one attached hydrogen (secondary N) is 1. The van der Waals surface area contributed by atoms with Gasteiger partial charge in [-0.25, -0.2) is 4.79 Å². The Hall–Kier alpha value is -2.09. The highest BCUT2D eigenvalue weighted by molar-refractivity contribution is 5.98. The van der Waals surface area contributed by atoms with Crippen LogP contribution in [0.1, 0.15) is 24.2 Å². The Kier molecular flexibility index (Phi) is 4.95. The van der Waals surface area contributed by atoms with E-state index in [0.29, 0.717) is 6.92 Å². The van der Waals surface area contributed by atoms with Crippen molar-refractivity contribution in [3.8, 4) is 0 Å². The third kappa shape index (κ3) is 3.94.